The van der Waals surface area contributed by atoms with Crippen molar-refractivity contribution < 1.29 is 34.3 Å². The summed E-state index contributed by atoms with van der Waals surface area (Å²) in [5, 5.41) is 29.5. The van der Waals surface area contributed by atoms with Gasteiger partial charge in [0.25, 0.3) is 0 Å². The van der Waals surface area contributed by atoms with E-state index < -0.39 is 43.1 Å². The minimum absolute atomic E-state index is 0.00746. The standard InChI is InChI=1S/C11H19BN2O7/c13-7(11(18)19)2-4-9(15)14-8-3-1-6(5-10(16)17)21-12(8)20/h6-8,20H,1-5,13H2,(H,14,15)(H,16,17)(H,18,19)/t6-,7?,8-/m0/s1. The maximum absolute atomic E-state index is 11.6. The van der Waals surface area contributed by atoms with Gasteiger partial charge in [0.05, 0.1) is 18.5 Å². The number of hydrogen-bond donors (Lipinski definition) is 5. The SMILES string of the molecule is NC(CCC(=O)N[C@H]1CC[C@@H](CC(=O)O)OB1O)C(=O)O. The van der Waals surface area contributed by atoms with Crippen LogP contribution in [0.15, 0.2) is 0 Å². The number of carbonyl (C=O) groups is 3. The van der Waals surface area contributed by atoms with E-state index in [-0.39, 0.29) is 19.3 Å². The lowest BCUT2D eigenvalue weighted by molar-refractivity contribution is -0.140. The van der Waals surface area contributed by atoms with Crippen LogP contribution in [0.3, 0.4) is 0 Å². The molecule has 1 unspecified atom stereocenters. The van der Waals surface area contributed by atoms with Gasteiger partial charge < -0.3 is 30.9 Å². The van der Waals surface area contributed by atoms with Gasteiger partial charge in [0, 0.05) is 6.42 Å². The smallest absolute Gasteiger partial charge is 0.478 e. The Morgan fingerprint density at radius 1 is 1.33 bits per heavy atom. The highest BCUT2D eigenvalue weighted by molar-refractivity contribution is 6.45. The van der Waals surface area contributed by atoms with Gasteiger partial charge in [-0.1, -0.05) is 0 Å². The van der Waals surface area contributed by atoms with Crippen LogP contribution in [0.25, 0.3) is 0 Å². The maximum Gasteiger partial charge on any atom is 0.478 e. The van der Waals surface area contributed by atoms with E-state index in [1.165, 1.54) is 0 Å². The van der Waals surface area contributed by atoms with Crippen LogP contribution in [0.1, 0.15) is 32.1 Å². The number of rotatable bonds is 7. The minimum atomic E-state index is -1.28. The lowest BCUT2D eigenvalue weighted by Gasteiger charge is -2.30. The highest BCUT2D eigenvalue weighted by atomic mass is 16.5. The Balaban J connectivity index is 2.34. The predicted molar refractivity (Wildman–Crippen MR) is 71.1 cm³/mol. The Morgan fingerprint density at radius 2 is 2.00 bits per heavy atom. The summed E-state index contributed by atoms with van der Waals surface area (Å²) >= 11 is 0. The third-order valence-corrected chi connectivity index (χ3v) is 3.22. The average molecular weight is 302 g/mol. The molecule has 1 amide bonds. The molecule has 0 aliphatic carbocycles. The molecule has 1 rings (SSSR count). The highest BCUT2D eigenvalue weighted by Crippen LogP contribution is 2.18. The molecule has 3 atom stereocenters. The van der Waals surface area contributed by atoms with E-state index in [0.717, 1.165) is 0 Å². The second kappa shape index (κ2) is 7.96. The predicted octanol–water partition coefficient (Wildman–Crippen LogP) is -1.66. The first kappa shape index (κ1) is 17.4. The first-order valence-electron chi connectivity index (χ1n) is 6.62. The van der Waals surface area contributed by atoms with E-state index in [1.807, 2.05) is 0 Å². The summed E-state index contributed by atoms with van der Waals surface area (Å²) in [5.41, 5.74) is 5.28. The Hall–Kier alpha value is -1.65. The summed E-state index contributed by atoms with van der Waals surface area (Å²) in [6.45, 7) is 0. The molecule has 0 aromatic rings. The summed E-state index contributed by atoms with van der Waals surface area (Å²) in [4.78, 5) is 32.7. The van der Waals surface area contributed by atoms with Gasteiger partial charge in [-0.2, -0.15) is 0 Å². The molecule has 21 heavy (non-hydrogen) atoms. The van der Waals surface area contributed by atoms with Crippen molar-refractivity contribution in [1.29, 1.82) is 0 Å². The first-order valence-corrected chi connectivity index (χ1v) is 6.62. The van der Waals surface area contributed by atoms with E-state index in [0.29, 0.717) is 12.8 Å². The highest BCUT2D eigenvalue weighted by Gasteiger charge is 2.36. The van der Waals surface area contributed by atoms with Crippen molar-refractivity contribution in [1.82, 2.24) is 5.32 Å². The van der Waals surface area contributed by atoms with Crippen LogP contribution in [0, 0.1) is 0 Å². The second-order valence-corrected chi connectivity index (χ2v) is 4.98. The van der Waals surface area contributed by atoms with Crippen molar-refractivity contribution in [2.75, 3.05) is 0 Å². The molecule has 0 saturated carbocycles. The number of hydrogen-bond acceptors (Lipinski definition) is 6. The second-order valence-electron chi connectivity index (χ2n) is 4.98. The van der Waals surface area contributed by atoms with Crippen molar-refractivity contribution in [2.24, 2.45) is 5.73 Å². The van der Waals surface area contributed by atoms with E-state index >= 15 is 0 Å². The molecule has 118 valence electrons. The number of carboxylic acid groups (broad SMARTS) is 2. The summed E-state index contributed by atoms with van der Waals surface area (Å²) in [7, 11) is -1.28. The number of amides is 1. The van der Waals surface area contributed by atoms with Gasteiger partial charge in [-0.15, -0.1) is 0 Å². The van der Waals surface area contributed by atoms with Gasteiger partial charge in [0.2, 0.25) is 5.91 Å². The van der Waals surface area contributed by atoms with E-state index in [9.17, 15) is 19.4 Å². The number of nitrogens with one attached hydrogen (secondary N) is 1. The van der Waals surface area contributed by atoms with Crippen LogP contribution >= 0.6 is 0 Å². The van der Waals surface area contributed by atoms with Gasteiger partial charge in [-0.25, -0.2) is 0 Å². The first-order chi connectivity index (χ1) is 9.79. The zero-order chi connectivity index (χ0) is 16.0. The molecule has 6 N–H and O–H groups in total. The molecule has 9 nitrogen and oxygen atoms in total. The molecule has 0 aromatic heterocycles. The van der Waals surface area contributed by atoms with Crippen LogP contribution < -0.4 is 11.1 Å². The fourth-order valence-electron chi connectivity index (χ4n) is 2.05. The Morgan fingerprint density at radius 3 is 2.52 bits per heavy atom. The van der Waals surface area contributed by atoms with Crippen LogP contribution in [0.2, 0.25) is 0 Å². The van der Waals surface area contributed by atoms with Gasteiger partial charge in [-0.05, 0) is 19.3 Å². The van der Waals surface area contributed by atoms with Crippen LogP contribution in [0.5, 0.6) is 0 Å². The van der Waals surface area contributed by atoms with Crippen molar-refractivity contribution in [3.05, 3.63) is 0 Å². The molecule has 0 bridgehead atoms. The molecular weight excluding hydrogens is 283 g/mol. The maximum atomic E-state index is 11.6. The Bertz CT molecular complexity index is 406. The zero-order valence-corrected chi connectivity index (χ0v) is 11.4. The van der Waals surface area contributed by atoms with Crippen molar-refractivity contribution in [2.45, 2.75) is 50.2 Å². The van der Waals surface area contributed by atoms with Crippen molar-refractivity contribution >= 4 is 25.0 Å². The molecule has 0 spiro atoms. The Labute approximate surface area is 121 Å². The molecule has 1 aliphatic rings. The summed E-state index contributed by atoms with van der Waals surface area (Å²) in [5.74, 6) is -3.27. The molecule has 1 aliphatic heterocycles. The van der Waals surface area contributed by atoms with E-state index in [1.54, 1.807) is 0 Å². The number of carboxylic acids is 2. The van der Waals surface area contributed by atoms with Crippen molar-refractivity contribution in [3.63, 3.8) is 0 Å². The van der Waals surface area contributed by atoms with Crippen LogP contribution in [0.4, 0.5) is 0 Å². The topological polar surface area (TPSA) is 159 Å². The summed E-state index contributed by atoms with van der Waals surface area (Å²) < 4.78 is 5.12. The Kier molecular flexibility index (Phi) is 6.60. The normalized spacial score (nSPS) is 23.4. The molecule has 10 heteroatoms. The number of aliphatic carboxylic acids is 2. The van der Waals surface area contributed by atoms with Crippen LogP contribution in [-0.2, 0) is 19.0 Å². The lowest BCUT2D eigenvalue weighted by atomic mass is 9.72. The third-order valence-electron chi connectivity index (χ3n) is 3.22. The molecule has 0 aromatic carbocycles. The van der Waals surface area contributed by atoms with Gasteiger partial charge in [0.1, 0.15) is 6.04 Å². The lowest BCUT2D eigenvalue weighted by Crippen LogP contribution is -2.53. The fraction of sp³-hybridized carbons (Fsp3) is 0.727. The quantitative estimate of drug-likeness (QED) is 0.349. The zero-order valence-electron chi connectivity index (χ0n) is 11.4. The number of nitrogens with two attached hydrogens (primary N) is 1. The molecule has 0 radical (unpaired) electrons. The number of carbonyl (C=O) groups excluding carboxylic acids is 1. The van der Waals surface area contributed by atoms with Crippen molar-refractivity contribution in [3.8, 4) is 0 Å². The molecule has 1 fully saturated rings. The third kappa shape index (κ3) is 6.11. The fourth-order valence-corrected chi connectivity index (χ4v) is 2.05. The molecule has 1 saturated heterocycles. The van der Waals surface area contributed by atoms with Crippen LogP contribution in [-0.4, -0.2) is 58.3 Å². The summed E-state index contributed by atoms with van der Waals surface area (Å²) in [6, 6.07) is -1.11. The largest absolute Gasteiger partial charge is 0.481 e. The molecule has 1 heterocycles. The van der Waals surface area contributed by atoms with E-state index in [4.69, 9.17) is 20.6 Å². The molecular formula is C11H19BN2O7. The van der Waals surface area contributed by atoms with E-state index in [2.05, 4.69) is 5.32 Å². The van der Waals surface area contributed by atoms with Gasteiger partial charge >= 0.3 is 19.1 Å². The minimum Gasteiger partial charge on any atom is -0.481 e. The van der Waals surface area contributed by atoms with Gasteiger partial charge in [-0.3, -0.25) is 14.4 Å². The monoisotopic (exact) mass is 302 g/mol. The average Bonchev–Trinajstić information content (AvgIpc) is 2.38. The summed E-state index contributed by atoms with van der Waals surface area (Å²) in [6.07, 6.45) is -0.0720. The van der Waals surface area contributed by atoms with Gasteiger partial charge in [0.15, 0.2) is 0 Å².